The number of anilines is 2. The summed E-state index contributed by atoms with van der Waals surface area (Å²) < 4.78 is 25.2. The number of hydrogen-bond donors (Lipinski definition) is 2. The van der Waals surface area contributed by atoms with Crippen molar-refractivity contribution in [3.05, 3.63) is 78.2 Å². The number of hydrogen-bond acceptors (Lipinski definition) is 5. The quantitative estimate of drug-likeness (QED) is 0.525. The zero-order valence-corrected chi connectivity index (χ0v) is 17.1. The predicted octanol–water partition coefficient (Wildman–Crippen LogP) is 5.97. The molecule has 0 fully saturated rings. The molecule has 0 aliphatic rings. The maximum Gasteiger partial charge on any atom is 0.412 e. The monoisotopic (exact) mass is 409 g/mol. The van der Waals surface area contributed by atoms with Gasteiger partial charge in [0.25, 0.3) is 0 Å². The molecule has 2 aromatic carbocycles. The number of nitrogens with one attached hydrogen (secondary N) is 2. The number of pyridine rings is 1. The van der Waals surface area contributed by atoms with Crippen LogP contribution in [0.25, 0.3) is 0 Å². The molecule has 3 rings (SSSR count). The molecule has 0 aliphatic carbocycles. The molecule has 0 unspecified atom stereocenters. The van der Waals surface area contributed by atoms with Crippen LogP contribution in [0.15, 0.2) is 66.9 Å². The zero-order chi connectivity index (χ0) is 21.6. The van der Waals surface area contributed by atoms with E-state index in [2.05, 4.69) is 15.6 Å². The highest BCUT2D eigenvalue weighted by atomic mass is 19.1. The van der Waals surface area contributed by atoms with Crippen LogP contribution >= 0.6 is 0 Å². The number of carbonyl (C=O) groups excluding carboxylic acids is 1. The van der Waals surface area contributed by atoms with E-state index in [1.807, 2.05) is 30.3 Å². The molecule has 0 radical (unpaired) electrons. The van der Waals surface area contributed by atoms with Crippen LogP contribution in [0.1, 0.15) is 26.3 Å². The minimum absolute atomic E-state index is 0.0324. The Kier molecular flexibility index (Phi) is 6.51. The SMILES string of the molecule is CC(C)(C)OC(=O)Nc1ccc(Oc2ccnc(NCc3ccccc3)c2)c(F)c1. The van der Waals surface area contributed by atoms with Crippen LogP contribution in [0.4, 0.5) is 20.7 Å². The van der Waals surface area contributed by atoms with E-state index in [1.54, 1.807) is 39.1 Å². The lowest BCUT2D eigenvalue weighted by Gasteiger charge is -2.19. The molecule has 1 heterocycles. The lowest BCUT2D eigenvalue weighted by atomic mass is 10.2. The molecule has 2 N–H and O–H groups in total. The summed E-state index contributed by atoms with van der Waals surface area (Å²) in [5.74, 6) is 0.469. The van der Waals surface area contributed by atoms with Crippen LogP contribution in [-0.2, 0) is 11.3 Å². The van der Waals surface area contributed by atoms with E-state index in [4.69, 9.17) is 9.47 Å². The van der Waals surface area contributed by atoms with Gasteiger partial charge >= 0.3 is 6.09 Å². The van der Waals surface area contributed by atoms with Gasteiger partial charge in [-0.2, -0.15) is 0 Å². The van der Waals surface area contributed by atoms with Gasteiger partial charge in [0.15, 0.2) is 11.6 Å². The van der Waals surface area contributed by atoms with E-state index in [0.717, 1.165) is 5.56 Å². The van der Waals surface area contributed by atoms with Crippen molar-refractivity contribution in [2.45, 2.75) is 32.9 Å². The maximum absolute atomic E-state index is 14.4. The molecule has 1 aromatic heterocycles. The fourth-order valence-corrected chi connectivity index (χ4v) is 2.57. The molecule has 7 heteroatoms. The van der Waals surface area contributed by atoms with Crippen molar-refractivity contribution in [2.24, 2.45) is 0 Å². The van der Waals surface area contributed by atoms with E-state index in [9.17, 15) is 9.18 Å². The third-order valence-corrected chi connectivity index (χ3v) is 3.85. The first-order valence-electron chi connectivity index (χ1n) is 9.50. The third kappa shape index (κ3) is 6.48. The third-order valence-electron chi connectivity index (χ3n) is 3.85. The van der Waals surface area contributed by atoms with Crippen LogP contribution in [0, 0.1) is 5.82 Å². The van der Waals surface area contributed by atoms with Gasteiger partial charge in [0.05, 0.1) is 0 Å². The Hall–Kier alpha value is -3.61. The van der Waals surface area contributed by atoms with Gasteiger partial charge in [-0.3, -0.25) is 5.32 Å². The van der Waals surface area contributed by atoms with Gasteiger partial charge in [0, 0.05) is 30.6 Å². The van der Waals surface area contributed by atoms with Crippen molar-refractivity contribution in [1.82, 2.24) is 4.98 Å². The van der Waals surface area contributed by atoms with Gasteiger partial charge in [-0.1, -0.05) is 30.3 Å². The summed E-state index contributed by atoms with van der Waals surface area (Å²) in [4.78, 5) is 16.1. The smallest absolute Gasteiger partial charge is 0.412 e. The summed E-state index contributed by atoms with van der Waals surface area (Å²) in [5.41, 5.74) is 0.748. The second kappa shape index (κ2) is 9.26. The van der Waals surface area contributed by atoms with Crippen molar-refractivity contribution in [3.8, 4) is 11.5 Å². The van der Waals surface area contributed by atoms with E-state index in [1.165, 1.54) is 18.2 Å². The van der Waals surface area contributed by atoms with Gasteiger partial charge in [-0.25, -0.2) is 14.2 Å². The summed E-state index contributed by atoms with van der Waals surface area (Å²) in [7, 11) is 0. The molecule has 0 saturated carbocycles. The fourth-order valence-electron chi connectivity index (χ4n) is 2.57. The van der Waals surface area contributed by atoms with E-state index >= 15 is 0 Å². The topological polar surface area (TPSA) is 72.5 Å². The second-order valence-corrected chi connectivity index (χ2v) is 7.59. The zero-order valence-electron chi connectivity index (χ0n) is 17.1. The summed E-state index contributed by atoms with van der Waals surface area (Å²) in [6, 6.07) is 17.4. The summed E-state index contributed by atoms with van der Waals surface area (Å²) >= 11 is 0. The van der Waals surface area contributed by atoms with Gasteiger partial charge in [-0.15, -0.1) is 0 Å². The molecule has 0 spiro atoms. The number of ether oxygens (including phenoxy) is 2. The highest BCUT2D eigenvalue weighted by molar-refractivity contribution is 5.84. The average molecular weight is 409 g/mol. The van der Waals surface area contributed by atoms with Gasteiger partial charge < -0.3 is 14.8 Å². The first-order chi connectivity index (χ1) is 14.3. The Morgan fingerprint density at radius 2 is 1.83 bits per heavy atom. The molecule has 1 amide bonds. The normalized spacial score (nSPS) is 10.9. The van der Waals surface area contributed by atoms with E-state index in [-0.39, 0.29) is 11.4 Å². The van der Waals surface area contributed by atoms with Crippen LogP contribution in [0.5, 0.6) is 11.5 Å². The molecule has 0 aliphatic heterocycles. The van der Waals surface area contributed by atoms with Crippen LogP contribution in [0.3, 0.4) is 0 Å². The molecule has 156 valence electrons. The fraction of sp³-hybridized carbons (Fsp3) is 0.217. The number of halogens is 1. The number of benzene rings is 2. The Morgan fingerprint density at radius 1 is 1.07 bits per heavy atom. The molecule has 6 nitrogen and oxygen atoms in total. The molecule has 0 saturated heterocycles. The first kappa shape index (κ1) is 21.1. The number of rotatable bonds is 6. The Bertz CT molecular complexity index is 1000. The van der Waals surface area contributed by atoms with Crippen molar-refractivity contribution in [1.29, 1.82) is 0 Å². The van der Waals surface area contributed by atoms with Crippen LogP contribution in [0.2, 0.25) is 0 Å². The largest absolute Gasteiger partial charge is 0.454 e. The summed E-state index contributed by atoms with van der Waals surface area (Å²) in [6.07, 6.45) is 0.928. The maximum atomic E-state index is 14.4. The van der Waals surface area contributed by atoms with Gasteiger partial charge in [0.1, 0.15) is 17.2 Å². The summed E-state index contributed by atoms with van der Waals surface area (Å²) in [6.45, 7) is 5.86. The Morgan fingerprint density at radius 3 is 2.53 bits per heavy atom. The van der Waals surface area contributed by atoms with Crippen molar-refractivity contribution in [2.75, 3.05) is 10.6 Å². The lowest BCUT2D eigenvalue weighted by molar-refractivity contribution is 0.0636. The van der Waals surface area contributed by atoms with Crippen molar-refractivity contribution < 1.29 is 18.7 Å². The molecular formula is C23H24FN3O3. The van der Waals surface area contributed by atoms with E-state index < -0.39 is 17.5 Å². The first-order valence-corrected chi connectivity index (χ1v) is 9.50. The van der Waals surface area contributed by atoms with Crippen LogP contribution in [-0.4, -0.2) is 16.7 Å². The predicted molar refractivity (Wildman–Crippen MR) is 114 cm³/mol. The van der Waals surface area contributed by atoms with Gasteiger partial charge in [-0.05, 0) is 44.5 Å². The molecule has 0 atom stereocenters. The number of amides is 1. The number of aromatic nitrogens is 1. The Labute approximate surface area is 175 Å². The molecular weight excluding hydrogens is 385 g/mol. The summed E-state index contributed by atoms with van der Waals surface area (Å²) in [5, 5.41) is 5.70. The number of nitrogens with zero attached hydrogens (tertiary/aromatic N) is 1. The minimum Gasteiger partial charge on any atom is -0.454 e. The van der Waals surface area contributed by atoms with Gasteiger partial charge in [0.2, 0.25) is 0 Å². The second-order valence-electron chi connectivity index (χ2n) is 7.59. The average Bonchev–Trinajstić information content (AvgIpc) is 2.68. The van der Waals surface area contributed by atoms with Crippen LogP contribution < -0.4 is 15.4 Å². The standard InChI is InChI=1S/C23H24FN3O3/c1-23(2,3)30-22(28)27-17-9-10-20(19(24)13-17)29-18-11-12-25-21(14-18)26-15-16-7-5-4-6-8-16/h4-14H,15H2,1-3H3,(H,25,26)(H,27,28). The molecule has 3 aromatic rings. The highest BCUT2D eigenvalue weighted by Gasteiger charge is 2.17. The van der Waals surface area contributed by atoms with Crippen molar-refractivity contribution >= 4 is 17.6 Å². The molecule has 0 bridgehead atoms. The minimum atomic E-state index is -0.654. The lowest BCUT2D eigenvalue weighted by Crippen LogP contribution is -2.27. The highest BCUT2D eigenvalue weighted by Crippen LogP contribution is 2.28. The van der Waals surface area contributed by atoms with Crippen molar-refractivity contribution in [3.63, 3.8) is 0 Å². The van der Waals surface area contributed by atoms with E-state index in [0.29, 0.717) is 18.1 Å². The molecule has 30 heavy (non-hydrogen) atoms. The Balaban J connectivity index is 1.62. The number of carbonyl (C=O) groups is 1.